The molecule has 0 atom stereocenters. The van der Waals surface area contributed by atoms with Gasteiger partial charge in [0, 0.05) is 28.0 Å². The minimum Gasteiger partial charge on any atom is -0.340 e. The Kier molecular flexibility index (Phi) is 5.04. The first-order chi connectivity index (χ1) is 11.7. The van der Waals surface area contributed by atoms with Crippen LogP contribution < -0.4 is 5.32 Å². The number of nitrogens with one attached hydrogen (secondary N) is 1. The molecular weight excluding hydrogens is 320 g/mol. The van der Waals surface area contributed by atoms with Crippen molar-refractivity contribution in [2.45, 2.75) is 0 Å². The zero-order valence-corrected chi connectivity index (χ0v) is 13.6. The van der Waals surface area contributed by atoms with Crippen molar-refractivity contribution in [2.24, 2.45) is 0 Å². The van der Waals surface area contributed by atoms with Crippen molar-refractivity contribution in [1.29, 1.82) is 0 Å². The fraction of sp³-hybridized carbons (Fsp3) is 0. The van der Waals surface area contributed by atoms with Crippen LogP contribution in [0, 0.1) is 0 Å². The van der Waals surface area contributed by atoms with E-state index in [4.69, 9.17) is 11.6 Å². The zero-order chi connectivity index (χ0) is 16.8. The Morgan fingerprint density at radius 3 is 2.46 bits per heavy atom. The van der Waals surface area contributed by atoms with Gasteiger partial charge in [0.25, 0.3) is 0 Å². The standard InChI is InChI=1S/C20H15ClN2O/c21-17-11-8-15(9-12-17)19(24)13-10-16-5-4-14-22-20(16)23-18-6-2-1-3-7-18/h1-14H,(H,22,23)/b13-10+. The second-order valence-corrected chi connectivity index (χ2v) is 5.57. The summed E-state index contributed by atoms with van der Waals surface area (Å²) < 4.78 is 0. The number of ketones is 1. The van der Waals surface area contributed by atoms with Crippen LogP contribution in [0.2, 0.25) is 5.02 Å². The second-order valence-electron chi connectivity index (χ2n) is 5.14. The molecule has 3 aromatic rings. The summed E-state index contributed by atoms with van der Waals surface area (Å²) in [7, 11) is 0. The Morgan fingerprint density at radius 1 is 0.958 bits per heavy atom. The van der Waals surface area contributed by atoms with Crippen LogP contribution in [0.1, 0.15) is 15.9 Å². The van der Waals surface area contributed by atoms with Crippen LogP contribution in [0.3, 0.4) is 0 Å². The van der Waals surface area contributed by atoms with Crippen molar-refractivity contribution in [3.8, 4) is 0 Å². The molecule has 24 heavy (non-hydrogen) atoms. The molecule has 3 rings (SSSR count). The van der Waals surface area contributed by atoms with Crippen LogP contribution >= 0.6 is 11.6 Å². The van der Waals surface area contributed by atoms with Gasteiger partial charge in [-0.1, -0.05) is 29.8 Å². The molecule has 0 bridgehead atoms. The van der Waals surface area contributed by atoms with E-state index >= 15 is 0 Å². The number of allylic oxidation sites excluding steroid dienone is 1. The van der Waals surface area contributed by atoms with E-state index in [0.29, 0.717) is 16.4 Å². The van der Waals surface area contributed by atoms with Crippen LogP contribution in [-0.4, -0.2) is 10.8 Å². The van der Waals surface area contributed by atoms with E-state index < -0.39 is 0 Å². The second kappa shape index (κ2) is 7.57. The average Bonchev–Trinajstić information content (AvgIpc) is 2.62. The summed E-state index contributed by atoms with van der Waals surface area (Å²) in [5, 5.41) is 3.86. The lowest BCUT2D eigenvalue weighted by molar-refractivity contribution is 0.104. The largest absolute Gasteiger partial charge is 0.340 e. The van der Waals surface area contributed by atoms with E-state index in [9.17, 15) is 4.79 Å². The molecule has 2 aromatic carbocycles. The van der Waals surface area contributed by atoms with Crippen LogP contribution in [0.25, 0.3) is 6.08 Å². The third-order valence-corrected chi connectivity index (χ3v) is 3.67. The molecule has 0 spiro atoms. The molecule has 1 aromatic heterocycles. The summed E-state index contributed by atoms with van der Waals surface area (Å²) in [6.07, 6.45) is 5.01. The maximum Gasteiger partial charge on any atom is 0.185 e. The first-order valence-corrected chi connectivity index (χ1v) is 7.85. The van der Waals surface area contributed by atoms with Gasteiger partial charge < -0.3 is 5.32 Å². The van der Waals surface area contributed by atoms with E-state index in [1.54, 1.807) is 36.5 Å². The third kappa shape index (κ3) is 4.09. The van der Waals surface area contributed by atoms with Gasteiger partial charge in [-0.25, -0.2) is 4.98 Å². The minimum atomic E-state index is -0.0822. The number of carbonyl (C=O) groups excluding carboxylic acids is 1. The highest BCUT2D eigenvalue weighted by atomic mass is 35.5. The van der Waals surface area contributed by atoms with Gasteiger partial charge >= 0.3 is 0 Å². The van der Waals surface area contributed by atoms with Gasteiger partial charge in [0.1, 0.15) is 5.82 Å². The first-order valence-electron chi connectivity index (χ1n) is 7.47. The van der Waals surface area contributed by atoms with Gasteiger partial charge in [0.05, 0.1) is 0 Å². The number of hydrogen-bond donors (Lipinski definition) is 1. The highest BCUT2D eigenvalue weighted by Crippen LogP contribution is 2.19. The van der Waals surface area contributed by atoms with E-state index in [1.165, 1.54) is 6.08 Å². The number of carbonyl (C=O) groups is 1. The van der Waals surface area contributed by atoms with Crippen molar-refractivity contribution >= 4 is 35.0 Å². The number of nitrogens with zero attached hydrogens (tertiary/aromatic N) is 1. The number of anilines is 2. The van der Waals surface area contributed by atoms with Crippen LogP contribution in [-0.2, 0) is 0 Å². The van der Waals surface area contributed by atoms with Gasteiger partial charge in [-0.3, -0.25) is 4.79 Å². The molecule has 0 radical (unpaired) electrons. The van der Waals surface area contributed by atoms with Crippen molar-refractivity contribution in [2.75, 3.05) is 5.32 Å². The molecule has 3 nitrogen and oxygen atoms in total. The monoisotopic (exact) mass is 334 g/mol. The van der Waals surface area contributed by atoms with Crippen molar-refractivity contribution in [3.05, 3.63) is 95.2 Å². The minimum absolute atomic E-state index is 0.0822. The topological polar surface area (TPSA) is 42.0 Å². The summed E-state index contributed by atoms with van der Waals surface area (Å²) in [5.74, 6) is 0.616. The molecule has 0 saturated heterocycles. The molecule has 0 aliphatic carbocycles. The van der Waals surface area contributed by atoms with Gasteiger partial charge in [-0.05, 0) is 60.7 Å². The molecule has 4 heteroatoms. The normalized spacial score (nSPS) is 10.7. The highest BCUT2D eigenvalue weighted by molar-refractivity contribution is 6.30. The Bertz CT molecular complexity index is 858. The summed E-state index contributed by atoms with van der Waals surface area (Å²) in [6, 6.07) is 20.3. The summed E-state index contributed by atoms with van der Waals surface area (Å²) in [5.41, 5.74) is 2.37. The van der Waals surface area contributed by atoms with Crippen molar-refractivity contribution in [3.63, 3.8) is 0 Å². The van der Waals surface area contributed by atoms with Gasteiger partial charge in [0.2, 0.25) is 0 Å². The first kappa shape index (κ1) is 16.0. The van der Waals surface area contributed by atoms with E-state index in [0.717, 1.165) is 11.3 Å². The number of para-hydroxylation sites is 1. The Labute approximate surface area is 145 Å². The van der Waals surface area contributed by atoms with E-state index in [1.807, 2.05) is 42.5 Å². The molecule has 0 aliphatic heterocycles. The summed E-state index contributed by atoms with van der Waals surface area (Å²) in [6.45, 7) is 0. The fourth-order valence-electron chi connectivity index (χ4n) is 2.19. The smallest absolute Gasteiger partial charge is 0.185 e. The number of aromatic nitrogens is 1. The van der Waals surface area contributed by atoms with Gasteiger partial charge in [-0.2, -0.15) is 0 Å². The third-order valence-electron chi connectivity index (χ3n) is 3.42. The van der Waals surface area contributed by atoms with Crippen molar-refractivity contribution < 1.29 is 4.79 Å². The Hall–Kier alpha value is -2.91. The maximum atomic E-state index is 12.2. The number of rotatable bonds is 5. The number of halogens is 1. The predicted molar refractivity (Wildman–Crippen MR) is 98.8 cm³/mol. The van der Waals surface area contributed by atoms with Gasteiger partial charge in [0.15, 0.2) is 5.78 Å². The van der Waals surface area contributed by atoms with Crippen LogP contribution in [0.4, 0.5) is 11.5 Å². The summed E-state index contributed by atoms with van der Waals surface area (Å²) in [4.78, 5) is 16.6. The van der Waals surface area contributed by atoms with E-state index in [2.05, 4.69) is 10.3 Å². The van der Waals surface area contributed by atoms with E-state index in [-0.39, 0.29) is 5.78 Å². The molecule has 1 N–H and O–H groups in total. The fourth-order valence-corrected chi connectivity index (χ4v) is 2.32. The van der Waals surface area contributed by atoms with Gasteiger partial charge in [-0.15, -0.1) is 0 Å². The molecule has 0 aliphatic rings. The molecular formula is C20H15ClN2O. The Morgan fingerprint density at radius 2 is 1.71 bits per heavy atom. The SMILES string of the molecule is O=C(/C=C/c1cccnc1Nc1ccccc1)c1ccc(Cl)cc1. The highest BCUT2D eigenvalue weighted by Gasteiger charge is 2.04. The van der Waals surface area contributed by atoms with Crippen LogP contribution in [0.15, 0.2) is 79.0 Å². The molecule has 0 saturated carbocycles. The molecule has 1 heterocycles. The zero-order valence-electron chi connectivity index (χ0n) is 12.8. The quantitative estimate of drug-likeness (QED) is 0.503. The van der Waals surface area contributed by atoms with Crippen molar-refractivity contribution in [1.82, 2.24) is 4.98 Å². The average molecular weight is 335 g/mol. The maximum absolute atomic E-state index is 12.2. The number of pyridine rings is 1. The summed E-state index contributed by atoms with van der Waals surface area (Å²) >= 11 is 5.84. The lowest BCUT2D eigenvalue weighted by Gasteiger charge is -2.08. The predicted octanol–water partition coefficient (Wildman–Crippen LogP) is 5.37. The number of hydrogen-bond acceptors (Lipinski definition) is 3. The lowest BCUT2D eigenvalue weighted by Crippen LogP contribution is -1.97. The molecule has 0 unspecified atom stereocenters. The molecule has 0 fully saturated rings. The number of benzene rings is 2. The molecule has 118 valence electrons. The Balaban J connectivity index is 1.80. The van der Waals surface area contributed by atoms with Crippen LogP contribution in [0.5, 0.6) is 0 Å². The molecule has 0 amide bonds. The lowest BCUT2D eigenvalue weighted by atomic mass is 10.1.